The van der Waals surface area contributed by atoms with E-state index in [4.69, 9.17) is 4.74 Å². The van der Waals surface area contributed by atoms with Gasteiger partial charge in [0, 0.05) is 31.6 Å². The van der Waals surface area contributed by atoms with Crippen LogP contribution in [0, 0.1) is 6.92 Å². The molecule has 0 fully saturated rings. The number of ether oxygens (including phenoxy) is 1. The van der Waals surface area contributed by atoms with Crippen molar-refractivity contribution in [3.63, 3.8) is 0 Å². The van der Waals surface area contributed by atoms with Crippen molar-refractivity contribution in [3.05, 3.63) is 11.9 Å². The zero-order valence-electron chi connectivity index (χ0n) is 11.2. The molecule has 1 unspecified atom stereocenters. The third-order valence-corrected chi connectivity index (χ3v) is 3.52. The fraction of sp³-hybridized carbons (Fsp3) is 0.750. The number of imidazole rings is 1. The average molecular weight is 257 g/mol. The Morgan fingerprint density at radius 2 is 2.35 bits per heavy atom. The number of aromatic nitrogens is 2. The van der Waals surface area contributed by atoms with E-state index in [2.05, 4.69) is 34.9 Å². The molecule has 1 heterocycles. The summed E-state index contributed by atoms with van der Waals surface area (Å²) < 4.78 is 7.22. The van der Waals surface area contributed by atoms with E-state index in [-0.39, 0.29) is 0 Å². The molecule has 0 aliphatic rings. The van der Waals surface area contributed by atoms with E-state index >= 15 is 0 Å². The third kappa shape index (κ3) is 5.00. The maximum Gasteiger partial charge on any atom is 0.203 e. The molecular weight excluding hydrogens is 234 g/mol. The van der Waals surface area contributed by atoms with Crippen LogP contribution < -0.4 is 5.32 Å². The van der Waals surface area contributed by atoms with Gasteiger partial charge < -0.3 is 14.6 Å². The van der Waals surface area contributed by atoms with Gasteiger partial charge in [-0.05, 0) is 19.6 Å². The van der Waals surface area contributed by atoms with Gasteiger partial charge in [-0.3, -0.25) is 0 Å². The Bertz CT molecular complexity index is 328. The van der Waals surface area contributed by atoms with Gasteiger partial charge in [0.15, 0.2) is 0 Å². The predicted molar refractivity (Wildman–Crippen MR) is 74.9 cm³/mol. The van der Waals surface area contributed by atoms with Gasteiger partial charge in [-0.1, -0.05) is 6.92 Å². The van der Waals surface area contributed by atoms with Gasteiger partial charge in [0.1, 0.15) is 0 Å². The van der Waals surface area contributed by atoms with Crippen LogP contribution in [-0.2, 0) is 11.3 Å². The van der Waals surface area contributed by atoms with Gasteiger partial charge in [-0.2, -0.15) is 11.8 Å². The van der Waals surface area contributed by atoms with Crippen LogP contribution in [0.4, 0.5) is 5.95 Å². The number of nitrogens with zero attached hydrogens (tertiary/aromatic N) is 2. The molecule has 1 aromatic heterocycles. The first-order chi connectivity index (χ1) is 8.17. The molecule has 0 spiro atoms. The second-order valence-electron chi connectivity index (χ2n) is 4.10. The molecule has 5 heteroatoms. The number of nitrogens with one attached hydrogen (secondary N) is 1. The highest BCUT2D eigenvalue weighted by atomic mass is 32.2. The first kappa shape index (κ1) is 14.4. The normalized spacial score (nSPS) is 12.7. The van der Waals surface area contributed by atoms with E-state index in [0.717, 1.165) is 29.7 Å². The van der Waals surface area contributed by atoms with Crippen molar-refractivity contribution >= 4 is 17.7 Å². The van der Waals surface area contributed by atoms with E-state index in [0.29, 0.717) is 12.6 Å². The summed E-state index contributed by atoms with van der Waals surface area (Å²) in [6.07, 6.45) is 2.06. The minimum absolute atomic E-state index is 0.433. The highest BCUT2D eigenvalue weighted by Gasteiger charge is 2.08. The second kappa shape index (κ2) is 7.61. The maximum absolute atomic E-state index is 5.10. The minimum atomic E-state index is 0.433. The highest BCUT2D eigenvalue weighted by Crippen LogP contribution is 2.12. The molecule has 1 rings (SSSR count). The topological polar surface area (TPSA) is 39.1 Å². The van der Waals surface area contributed by atoms with E-state index in [1.54, 1.807) is 7.11 Å². The molecule has 0 radical (unpaired) electrons. The van der Waals surface area contributed by atoms with Gasteiger partial charge in [0.05, 0.1) is 12.3 Å². The van der Waals surface area contributed by atoms with Gasteiger partial charge in [-0.25, -0.2) is 4.98 Å². The fourth-order valence-electron chi connectivity index (χ4n) is 1.58. The van der Waals surface area contributed by atoms with Gasteiger partial charge in [0.25, 0.3) is 0 Å². The standard InChI is InChI=1S/C12H23N3OS/c1-5-17-9-11(3)14-12-13-10(2)8-15(12)6-7-16-4/h8,11H,5-7,9H2,1-4H3,(H,13,14). The van der Waals surface area contributed by atoms with Gasteiger partial charge in [-0.15, -0.1) is 0 Å². The van der Waals surface area contributed by atoms with E-state index in [9.17, 15) is 0 Å². The molecule has 0 bridgehead atoms. The van der Waals surface area contributed by atoms with E-state index in [1.165, 1.54) is 0 Å². The van der Waals surface area contributed by atoms with Crippen molar-refractivity contribution in [2.75, 3.05) is 30.5 Å². The van der Waals surface area contributed by atoms with Crippen LogP contribution in [0.2, 0.25) is 0 Å². The summed E-state index contributed by atoms with van der Waals surface area (Å²) in [5.74, 6) is 3.21. The molecule has 0 amide bonds. The minimum Gasteiger partial charge on any atom is -0.383 e. The van der Waals surface area contributed by atoms with Crippen LogP contribution in [0.3, 0.4) is 0 Å². The van der Waals surface area contributed by atoms with Crippen LogP contribution in [0.5, 0.6) is 0 Å². The molecule has 1 atom stereocenters. The molecule has 98 valence electrons. The SMILES string of the molecule is CCSCC(C)Nc1nc(C)cn1CCOC. The van der Waals surface area contributed by atoms with Crippen LogP contribution in [0.15, 0.2) is 6.20 Å². The zero-order valence-corrected chi connectivity index (χ0v) is 12.0. The highest BCUT2D eigenvalue weighted by molar-refractivity contribution is 7.99. The molecule has 0 aromatic carbocycles. The lowest BCUT2D eigenvalue weighted by atomic mass is 10.4. The summed E-state index contributed by atoms with van der Waals surface area (Å²) in [4.78, 5) is 4.50. The summed E-state index contributed by atoms with van der Waals surface area (Å²) in [7, 11) is 1.72. The summed E-state index contributed by atoms with van der Waals surface area (Å²) in [6.45, 7) is 7.93. The largest absolute Gasteiger partial charge is 0.383 e. The van der Waals surface area contributed by atoms with Crippen molar-refractivity contribution in [1.29, 1.82) is 0 Å². The van der Waals surface area contributed by atoms with Crippen molar-refractivity contribution in [2.24, 2.45) is 0 Å². The average Bonchev–Trinajstić information content (AvgIpc) is 2.64. The third-order valence-electron chi connectivity index (χ3n) is 2.38. The summed E-state index contributed by atoms with van der Waals surface area (Å²) in [6, 6.07) is 0.433. The van der Waals surface area contributed by atoms with Gasteiger partial charge in [0.2, 0.25) is 5.95 Å². The predicted octanol–water partition coefficient (Wildman–Crippen LogP) is 2.39. The lowest BCUT2D eigenvalue weighted by Gasteiger charge is -2.15. The smallest absolute Gasteiger partial charge is 0.203 e. The number of thioether (sulfide) groups is 1. The number of anilines is 1. The molecule has 1 N–H and O–H groups in total. The van der Waals surface area contributed by atoms with Crippen molar-refractivity contribution in [2.45, 2.75) is 33.4 Å². The van der Waals surface area contributed by atoms with Crippen LogP contribution in [0.1, 0.15) is 19.5 Å². The molecule has 0 saturated carbocycles. The van der Waals surface area contributed by atoms with Crippen LogP contribution >= 0.6 is 11.8 Å². The Hall–Kier alpha value is -0.680. The van der Waals surface area contributed by atoms with Crippen molar-refractivity contribution < 1.29 is 4.74 Å². The zero-order chi connectivity index (χ0) is 12.7. The molecule has 1 aromatic rings. The van der Waals surface area contributed by atoms with Crippen LogP contribution in [0.25, 0.3) is 0 Å². The number of hydrogen-bond acceptors (Lipinski definition) is 4. The lowest BCUT2D eigenvalue weighted by molar-refractivity contribution is 0.187. The van der Waals surface area contributed by atoms with E-state index in [1.807, 2.05) is 18.7 Å². The van der Waals surface area contributed by atoms with Crippen molar-refractivity contribution in [3.8, 4) is 0 Å². The Balaban J connectivity index is 2.55. The number of methoxy groups -OCH3 is 1. The number of rotatable bonds is 8. The lowest BCUT2D eigenvalue weighted by Crippen LogP contribution is -2.21. The van der Waals surface area contributed by atoms with E-state index < -0.39 is 0 Å². The maximum atomic E-state index is 5.10. The monoisotopic (exact) mass is 257 g/mol. The first-order valence-electron chi connectivity index (χ1n) is 6.04. The number of aryl methyl sites for hydroxylation is 1. The quantitative estimate of drug-likeness (QED) is 0.776. The number of hydrogen-bond donors (Lipinski definition) is 1. The Labute approximate surface area is 108 Å². The Morgan fingerprint density at radius 1 is 1.59 bits per heavy atom. The fourth-order valence-corrected chi connectivity index (χ4v) is 2.25. The molecule has 0 aliphatic carbocycles. The van der Waals surface area contributed by atoms with Crippen LogP contribution in [-0.4, -0.2) is 40.8 Å². The second-order valence-corrected chi connectivity index (χ2v) is 5.42. The Kier molecular flexibility index (Phi) is 6.44. The van der Waals surface area contributed by atoms with Crippen molar-refractivity contribution in [1.82, 2.24) is 9.55 Å². The summed E-state index contributed by atoms with van der Waals surface area (Å²) in [5, 5.41) is 3.45. The molecule has 17 heavy (non-hydrogen) atoms. The molecule has 4 nitrogen and oxygen atoms in total. The van der Waals surface area contributed by atoms with Gasteiger partial charge >= 0.3 is 0 Å². The molecule has 0 saturated heterocycles. The summed E-state index contributed by atoms with van der Waals surface area (Å²) in [5.41, 5.74) is 1.04. The molecule has 0 aliphatic heterocycles. The Morgan fingerprint density at radius 3 is 3.00 bits per heavy atom. The first-order valence-corrected chi connectivity index (χ1v) is 7.19. The summed E-state index contributed by atoms with van der Waals surface area (Å²) >= 11 is 1.94. The molecular formula is C12H23N3OS.